The molecule has 1 heterocycles. The lowest BCUT2D eigenvalue weighted by Crippen LogP contribution is -2.34. The van der Waals surface area contributed by atoms with Crippen LogP contribution in [0.25, 0.3) is 0 Å². The molecule has 110 valence electrons. The van der Waals surface area contributed by atoms with Gasteiger partial charge in [0.05, 0.1) is 0 Å². The first-order valence-corrected chi connectivity index (χ1v) is 7.45. The van der Waals surface area contributed by atoms with Crippen LogP contribution in [-0.4, -0.2) is 18.7 Å². The van der Waals surface area contributed by atoms with Gasteiger partial charge in [-0.05, 0) is 31.0 Å². The van der Waals surface area contributed by atoms with Gasteiger partial charge in [0.25, 0.3) is 5.91 Å². The Morgan fingerprint density at radius 1 is 1.20 bits per heavy atom. The summed E-state index contributed by atoms with van der Waals surface area (Å²) < 4.78 is 10.6. The van der Waals surface area contributed by atoms with E-state index in [1.165, 1.54) is 0 Å². The smallest absolute Gasteiger partial charge is 0.251 e. The lowest BCUT2D eigenvalue weighted by molar-refractivity contribution is 0.0931. The minimum absolute atomic E-state index is 0.0298. The summed E-state index contributed by atoms with van der Waals surface area (Å²) in [4.78, 5) is 12.3. The summed E-state index contributed by atoms with van der Waals surface area (Å²) in [6.45, 7) is 4.55. The van der Waals surface area contributed by atoms with Gasteiger partial charge >= 0.3 is 0 Å². The largest absolute Gasteiger partial charge is 0.454 e. The van der Waals surface area contributed by atoms with Gasteiger partial charge in [0.15, 0.2) is 11.5 Å². The summed E-state index contributed by atoms with van der Waals surface area (Å²) in [6.07, 6.45) is 5.44. The number of hydrogen-bond acceptors (Lipinski definition) is 3. The normalized spacial score (nSPS) is 14.1. The monoisotopic (exact) mass is 277 g/mol. The average Bonchev–Trinajstić information content (AvgIpc) is 2.92. The van der Waals surface area contributed by atoms with Gasteiger partial charge in [-0.1, -0.05) is 33.1 Å². The van der Waals surface area contributed by atoms with Crippen LogP contribution >= 0.6 is 0 Å². The molecule has 20 heavy (non-hydrogen) atoms. The van der Waals surface area contributed by atoms with E-state index in [-0.39, 0.29) is 18.7 Å². The van der Waals surface area contributed by atoms with Crippen molar-refractivity contribution in [2.45, 2.75) is 52.0 Å². The van der Waals surface area contributed by atoms with Gasteiger partial charge in [0.1, 0.15) is 0 Å². The summed E-state index contributed by atoms with van der Waals surface area (Å²) in [5.41, 5.74) is 0.631. The molecule has 0 aromatic heterocycles. The van der Waals surface area contributed by atoms with Crippen LogP contribution in [0.5, 0.6) is 11.5 Å². The standard InChI is InChI=1S/C16H23NO3/c1-3-5-7-13(6-4-2)17-16(18)12-8-9-14-15(10-12)20-11-19-14/h8-10,13H,3-7,11H2,1-2H3,(H,17,18). The molecule has 0 saturated carbocycles. The zero-order chi connectivity index (χ0) is 14.4. The first-order valence-electron chi connectivity index (χ1n) is 7.45. The third-order valence-electron chi connectivity index (χ3n) is 3.51. The molecule has 0 aliphatic carbocycles. The van der Waals surface area contributed by atoms with Crippen molar-refractivity contribution >= 4 is 5.91 Å². The van der Waals surface area contributed by atoms with Crippen molar-refractivity contribution in [3.8, 4) is 11.5 Å². The summed E-state index contributed by atoms with van der Waals surface area (Å²) >= 11 is 0. The van der Waals surface area contributed by atoms with Gasteiger partial charge in [0.2, 0.25) is 6.79 Å². The fourth-order valence-electron chi connectivity index (χ4n) is 2.39. The number of nitrogens with one attached hydrogen (secondary N) is 1. The Labute approximate surface area is 120 Å². The number of rotatable bonds is 7. The first-order chi connectivity index (χ1) is 9.74. The maximum absolute atomic E-state index is 12.3. The second-order valence-electron chi connectivity index (χ2n) is 5.17. The molecule has 0 saturated heterocycles. The molecular weight excluding hydrogens is 254 g/mol. The van der Waals surface area contributed by atoms with Gasteiger partial charge in [0, 0.05) is 11.6 Å². The van der Waals surface area contributed by atoms with E-state index in [0.29, 0.717) is 17.1 Å². The van der Waals surface area contributed by atoms with Crippen molar-refractivity contribution in [2.24, 2.45) is 0 Å². The van der Waals surface area contributed by atoms with Gasteiger partial charge in [-0.15, -0.1) is 0 Å². The zero-order valence-electron chi connectivity index (χ0n) is 12.3. The molecule has 4 heteroatoms. The predicted octanol–water partition coefficient (Wildman–Crippen LogP) is 3.50. The minimum Gasteiger partial charge on any atom is -0.454 e. The van der Waals surface area contributed by atoms with Crippen molar-refractivity contribution in [2.75, 3.05) is 6.79 Å². The molecule has 2 rings (SSSR count). The molecule has 1 aromatic carbocycles. The number of ether oxygens (including phenoxy) is 2. The van der Waals surface area contributed by atoms with Crippen LogP contribution in [-0.2, 0) is 0 Å². The van der Waals surface area contributed by atoms with Crippen LogP contribution in [0, 0.1) is 0 Å². The minimum atomic E-state index is -0.0298. The van der Waals surface area contributed by atoms with E-state index < -0.39 is 0 Å². The highest BCUT2D eigenvalue weighted by atomic mass is 16.7. The van der Waals surface area contributed by atoms with E-state index in [2.05, 4.69) is 19.2 Å². The second-order valence-corrected chi connectivity index (χ2v) is 5.17. The fourth-order valence-corrected chi connectivity index (χ4v) is 2.39. The summed E-state index contributed by atoms with van der Waals surface area (Å²) in [5, 5.41) is 3.12. The molecule has 1 aliphatic rings. The maximum Gasteiger partial charge on any atom is 0.251 e. The summed E-state index contributed by atoms with van der Waals surface area (Å²) in [5.74, 6) is 1.33. The molecule has 4 nitrogen and oxygen atoms in total. The number of unbranched alkanes of at least 4 members (excludes halogenated alkanes) is 1. The number of hydrogen-bond donors (Lipinski definition) is 1. The highest BCUT2D eigenvalue weighted by Gasteiger charge is 2.18. The maximum atomic E-state index is 12.3. The van der Waals surface area contributed by atoms with E-state index in [4.69, 9.17) is 9.47 Å². The van der Waals surface area contributed by atoms with Crippen LogP contribution in [0.2, 0.25) is 0 Å². The Morgan fingerprint density at radius 2 is 2.00 bits per heavy atom. The number of fused-ring (bicyclic) bond motifs is 1. The lowest BCUT2D eigenvalue weighted by Gasteiger charge is -2.18. The molecule has 0 bridgehead atoms. The third kappa shape index (κ3) is 3.65. The molecule has 1 N–H and O–H groups in total. The third-order valence-corrected chi connectivity index (χ3v) is 3.51. The van der Waals surface area contributed by atoms with E-state index in [1.807, 2.05) is 0 Å². The Bertz CT molecular complexity index is 459. The van der Waals surface area contributed by atoms with Crippen molar-refractivity contribution in [3.05, 3.63) is 23.8 Å². The fraction of sp³-hybridized carbons (Fsp3) is 0.562. The Balaban J connectivity index is 1.98. The highest BCUT2D eigenvalue weighted by molar-refractivity contribution is 5.95. The molecule has 1 aliphatic heterocycles. The van der Waals surface area contributed by atoms with Crippen LogP contribution in [0.3, 0.4) is 0 Å². The Kier molecular flexibility index (Phi) is 5.27. The zero-order valence-corrected chi connectivity index (χ0v) is 12.3. The van der Waals surface area contributed by atoms with E-state index in [9.17, 15) is 4.79 Å². The molecule has 1 atom stereocenters. The number of carbonyl (C=O) groups excluding carboxylic acids is 1. The lowest BCUT2D eigenvalue weighted by atomic mass is 10.0. The Morgan fingerprint density at radius 3 is 2.75 bits per heavy atom. The number of benzene rings is 1. The molecule has 1 amide bonds. The molecule has 0 radical (unpaired) electrons. The van der Waals surface area contributed by atoms with Crippen molar-refractivity contribution in [1.29, 1.82) is 0 Å². The van der Waals surface area contributed by atoms with Gasteiger partial charge in [-0.2, -0.15) is 0 Å². The summed E-state index contributed by atoms with van der Waals surface area (Å²) in [7, 11) is 0. The quantitative estimate of drug-likeness (QED) is 0.829. The highest BCUT2D eigenvalue weighted by Crippen LogP contribution is 2.32. The van der Waals surface area contributed by atoms with E-state index >= 15 is 0 Å². The van der Waals surface area contributed by atoms with Crippen molar-refractivity contribution in [3.63, 3.8) is 0 Å². The average molecular weight is 277 g/mol. The van der Waals surface area contributed by atoms with Gasteiger partial charge in [-0.3, -0.25) is 4.79 Å². The molecule has 0 fully saturated rings. The first kappa shape index (κ1) is 14.7. The Hall–Kier alpha value is -1.71. The van der Waals surface area contributed by atoms with Crippen LogP contribution < -0.4 is 14.8 Å². The van der Waals surface area contributed by atoms with E-state index in [0.717, 1.165) is 32.1 Å². The van der Waals surface area contributed by atoms with Crippen molar-refractivity contribution in [1.82, 2.24) is 5.32 Å². The van der Waals surface area contributed by atoms with Gasteiger partial charge < -0.3 is 14.8 Å². The van der Waals surface area contributed by atoms with Gasteiger partial charge in [-0.25, -0.2) is 0 Å². The van der Waals surface area contributed by atoms with Crippen molar-refractivity contribution < 1.29 is 14.3 Å². The molecular formula is C16H23NO3. The second kappa shape index (κ2) is 7.17. The topological polar surface area (TPSA) is 47.6 Å². The van der Waals surface area contributed by atoms with Crippen LogP contribution in [0.4, 0.5) is 0 Å². The predicted molar refractivity (Wildman–Crippen MR) is 78.3 cm³/mol. The summed E-state index contributed by atoms with van der Waals surface area (Å²) in [6, 6.07) is 5.59. The van der Waals surface area contributed by atoms with Crippen LogP contribution in [0.1, 0.15) is 56.3 Å². The molecule has 1 aromatic rings. The molecule has 1 unspecified atom stereocenters. The SMILES string of the molecule is CCCCC(CCC)NC(=O)c1ccc2c(c1)OCO2. The van der Waals surface area contributed by atoms with E-state index in [1.54, 1.807) is 18.2 Å². The molecule has 0 spiro atoms. The number of amides is 1. The number of carbonyl (C=O) groups is 1. The van der Waals surface area contributed by atoms with Crippen LogP contribution in [0.15, 0.2) is 18.2 Å².